The fraction of sp³-hybridized carbons (Fsp3) is 1.00. The Balaban J connectivity index is 3.39. The molecule has 0 heterocycles. The molecule has 0 aliphatic carbocycles. The standard InChI is InChI=1S/C7H17O2P/c1-6(2)3-7(4-8)9-5-10/h6-8H,3-5,10H2,1-2H3. The van der Waals surface area contributed by atoms with Crippen molar-refractivity contribution in [3.8, 4) is 0 Å². The first kappa shape index (κ1) is 10.3. The van der Waals surface area contributed by atoms with Gasteiger partial charge in [-0.25, -0.2) is 0 Å². The molecule has 0 rings (SSSR count). The van der Waals surface area contributed by atoms with E-state index in [4.69, 9.17) is 9.84 Å². The average molecular weight is 164 g/mol. The molecule has 0 spiro atoms. The molecule has 0 aliphatic rings. The number of hydrogen-bond donors (Lipinski definition) is 1. The molecule has 0 aromatic carbocycles. The van der Waals surface area contributed by atoms with Gasteiger partial charge in [0.05, 0.1) is 19.1 Å². The third kappa shape index (κ3) is 5.16. The van der Waals surface area contributed by atoms with Gasteiger partial charge in [-0.15, -0.1) is 9.24 Å². The molecule has 0 amide bonds. The summed E-state index contributed by atoms with van der Waals surface area (Å²) < 4.78 is 5.21. The van der Waals surface area contributed by atoms with Crippen LogP contribution in [-0.4, -0.2) is 24.2 Å². The minimum Gasteiger partial charge on any atom is -0.394 e. The van der Waals surface area contributed by atoms with Crippen LogP contribution in [0.3, 0.4) is 0 Å². The van der Waals surface area contributed by atoms with Crippen LogP contribution >= 0.6 is 9.24 Å². The molecule has 0 aliphatic heterocycles. The zero-order valence-electron chi connectivity index (χ0n) is 6.71. The Morgan fingerprint density at radius 3 is 2.40 bits per heavy atom. The van der Waals surface area contributed by atoms with Crippen molar-refractivity contribution >= 4 is 9.24 Å². The van der Waals surface area contributed by atoms with Crippen LogP contribution in [-0.2, 0) is 4.74 Å². The highest BCUT2D eigenvalue weighted by molar-refractivity contribution is 7.16. The van der Waals surface area contributed by atoms with Crippen molar-refractivity contribution < 1.29 is 9.84 Å². The molecule has 0 radical (unpaired) electrons. The summed E-state index contributed by atoms with van der Waals surface area (Å²) in [5, 5.41) is 8.77. The van der Waals surface area contributed by atoms with E-state index < -0.39 is 0 Å². The quantitative estimate of drug-likeness (QED) is 0.619. The molecule has 2 atom stereocenters. The van der Waals surface area contributed by atoms with Crippen molar-refractivity contribution in [3.05, 3.63) is 0 Å². The number of aliphatic hydroxyl groups is 1. The van der Waals surface area contributed by atoms with Crippen LogP contribution in [0.25, 0.3) is 0 Å². The first-order valence-corrected chi connectivity index (χ1v) is 4.44. The second-order valence-electron chi connectivity index (χ2n) is 2.77. The summed E-state index contributed by atoms with van der Waals surface area (Å²) in [5.74, 6) is 0.591. The lowest BCUT2D eigenvalue weighted by Gasteiger charge is -2.15. The molecule has 62 valence electrons. The minimum absolute atomic E-state index is 0.0255. The fourth-order valence-electron chi connectivity index (χ4n) is 0.857. The minimum atomic E-state index is 0.0255. The van der Waals surface area contributed by atoms with Crippen LogP contribution in [0.4, 0.5) is 0 Å². The van der Waals surface area contributed by atoms with Crippen molar-refractivity contribution in [2.24, 2.45) is 5.92 Å². The largest absolute Gasteiger partial charge is 0.394 e. The summed E-state index contributed by atoms with van der Waals surface area (Å²) in [6.45, 7) is 4.37. The maximum atomic E-state index is 8.77. The smallest absolute Gasteiger partial charge is 0.0812 e. The number of rotatable bonds is 5. The summed E-state index contributed by atoms with van der Waals surface area (Å²) in [7, 11) is 2.48. The van der Waals surface area contributed by atoms with Gasteiger partial charge in [0.2, 0.25) is 0 Å². The lowest BCUT2D eigenvalue weighted by molar-refractivity contribution is 0.0263. The maximum Gasteiger partial charge on any atom is 0.0812 e. The molecular weight excluding hydrogens is 147 g/mol. The SMILES string of the molecule is CC(C)CC(CO)OCP. The van der Waals surface area contributed by atoms with Gasteiger partial charge in [0.1, 0.15) is 0 Å². The van der Waals surface area contributed by atoms with Crippen molar-refractivity contribution in [1.82, 2.24) is 0 Å². The Morgan fingerprint density at radius 1 is 1.50 bits per heavy atom. The highest BCUT2D eigenvalue weighted by Crippen LogP contribution is 2.08. The summed E-state index contributed by atoms with van der Waals surface area (Å²) in [5.41, 5.74) is 0. The van der Waals surface area contributed by atoms with Gasteiger partial charge in [-0.2, -0.15) is 0 Å². The van der Waals surface area contributed by atoms with Crippen molar-refractivity contribution in [2.75, 3.05) is 13.0 Å². The van der Waals surface area contributed by atoms with Gasteiger partial charge in [-0.1, -0.05) is 13.8 Å². The van der Waals surface area contributed by atoms with Gasteiger partial charge >= 0.3 is 0 Å². The summed E-state index contributed by atoms with van der Waals surface area (Å²) in [6.07, 6.45) is 1.57. The van der Waals surface area contributed by atoms with Crippen LogP contribution in [0.2, 0.25) is 0 Å². The molecule has 0 aromatic heterocycles. The molecule has 0 saturated carbocycles. The Bertz CT molecular complexity index is 76.0. The molecule has 2 unspecified atom stereocenters. The lowest BCUT2D eigenvalue weighted by atomic mass is 10.1. The normalized spacial score (nSPS) is 14.1. The van der Waals surface area contributed by atoms with E-state index in [2.05, 4.69) is 23.1 Å². The van der Waals surface area contributed by atoms with E-state index in [9.17, 15) is 0 Å². The predicted molar refractivity (Wildman–Crippen MR) is 46.0 cm³/mol. The molecule has 0 saturated heterocycles. The van der Waals surface area contributed by atoms with Gasteiger partial charge in [-0.3, -0.25) is 0 Å². The third-order valence-corrected chi connectivity index (χ3v) is 1.46. The van der Waals surface area contributed by atoms with Crippen LogP contribution < -0.4 is 0 Å². The monoisotopic (exact) mass is 164 g/mol. The highest BCUT2D eigenvalue weighted by Gasteiger charge is 2.07. The Kier molecular flexibility index (Phi) is 6.30. The second kappa shape index (κ2) is 6.09. The molecule has 1 N–H and O–H groups in total. The average Bonchev–Trinajstić information content (AvgIpc) is 1.86. The third-order valence-electron chi connectivity index (χ3n) is 1.27. The predicted octanol–water partition coefficient (Wildman–Crippen LogP) is 1.24. The second-order valence-corrected chi connectivity index (χ2v) is 3.10. The van der Waals surface area contributed by atoms with E-state index in [1.807, 2.05) is 0 Å². The zero-order chi connectivity index (χ0) is 7.98. The fourth-order valence-corrected chi connectivity index (χ4v) is 1.13. The first-order chi connectivity index (χ1) is 4.70. The Morgan fingerprint density at radius 2 is 2.10 bits per heavy atom. The van der Waals surface area contributed by atoms with Gasteiger partial charge in [-0.05, 0) is 12.3 Å². The molecule has 0 bridgehead atoms. The molecule has 0 fully saturated rings. The highest BCUT2D eigenvalue weighted by atomic mass is 31.0. The topological polar surface area (TPSA) is 29.5 Å². The number of ether oxygens (including phenoxy) is 1. The van der Waals surface area contributed by atoms with Crippen LogP contribution in [0.5, 0.6) is 0 Å². The van der Waals surface area contributed by atoms with Gasteiger partial charge in [0, 0.05) is 0 Å². The van der Waals surface area contributed by atoms with Crippen LogP contribution in [0.15, 0.2) is 0 Å². The zero-order valence-corrected chi connectivity index (χ0v) is 7.86. The molecule has 0 aromatic rings. The molecule has 3 heteroatoms. The molecular formula is C7H17O2P. The van der Waals surface area contributed by atoms with Crippen molar-refractivity contribution in [3.63, 3.8) is 0 Å². The lowest BCUT2D eigenvalue weighted by Crippen LogP contribution is -2.19. The first-order valence-electron chi connectivity index (χ1n) is 3.63. The van der Waals surface area contributed by atoms with Gasteiger partial charge < -0.3 is 9.84 Å². The van der Waals surface area contributed by atoms with Crippen molar-refractivity contribution in [2.45, 2.75) is 26.4 Å². The Labute approximate surface area is 65.2 Å². The summed E-state index contributed by atoms with van der Waals surface area (Å²) >= 11 is 0. The van der Waals surface area contributed by atoms with E-state index in [0.29, 0.717) is 12.3 Å². The molecule has 10 heavy (non-hydrogen) atoms. The molecule has 2 nitrogen and oxygen atoms in total. The van der Waals surface area contributed by atoms with Gasteiger partial charge in [0.15, 0.2) is 0 Å². The van der Waals surface area contributed by atoms with E-state index in [1.165, 1.54) is 0 Å². The number of hydrogen-bond acceptors (Lipinski definition) is 2. The van der Waals surface area contributed by atoms with Crippen LogP contribution in [0.1, 0.15) is 20.3 Å². The summed E-state index contributed by atoms with van der Waals surface area (Å²) in [6, 6.07) is 0. The van der Waals surface area contributed by atoms with E-state index in [1.54, 1.807) is 0 Å². The number of aliphatic hydroxyl groups excluding tert-OH is 1. The maximum absolute atomic E-state index is 8.77. The van der Waals surface area contributed by atoms with E-state index in [0.717, 1.165) is 6.42 Å². The van der Waals surface area contributed by atoms with Crippen molar-refractivity contribution in [1.29, 1.82) is 0 Å². The van der Waals surface area contributed by atoms with E-state index >= 15 is 0 Å². The Hall–Kier alpha value is 0.350. The van der Waals surface area contributed by atoms with Crippen LogP contribution in [0, 0.1) is 5.92 Å². The summed E-state index contributed by atoms with van der Waals surface area (Å²) in [4.78, 5) is 0. The van der Waals surface area contributed by atoms with E-state index in [-0.39, 0.29) is 12.7 Å². The van der Waals surface area contributed by atoms with Gasteiger partial charge in [0.25, 0.3) is 0 Å².